The van der Waals surface area contributed by atoms with E-state index in [2.05, 4.69) is 39.0 Å². The summed E-state index contributed by atoms with van der Waals surface area (Å²) in [4.78, 5) is 28.0. The van der Waals surface area contributed by atoms with Crippen molar-refractivity contribution in [1.82, 2.24) is 34.5 Å². The lowest BCUT2D eigenvalue weighted by Gasteiger charge is -2.14. The molecule has 0 saturated carbocycles. The summed E-state index contributed by atoms with van der Waals surface area (Å²) in [5.74, 6) is -1.37. The molecule has 2 unspecified atom stereocenters. The summed E-state index contributed by atoms with van der Waals surface area (Å²) >= 11 is 0. The van der Waals surface area contributed by atoms with Gasteiger partial charge in [0.05, 0.1) is 23.4 Å². The number of hydrogen-bond donors (Lipinski definition) is 2. The summed E-state index contributed by atoms with van der Waals surface area (Å²) in [5.41, 5.74) is 3.56. The highest BCUT2D eigenvalue weighted by atomic mass is 16.4. The molecule has 0 aromatic carbocycles. The van der Waals surface area contributed by atoms with Gasteiger partial charge in [0.25, 0.3) is 0 Å². The van der Waals surface area contributed by atoms with Gasteiger partial charge in [0.15, 0.2) is 11.5 Å². The second-order valence-corrected chi connectivity index (χ2v) is 6.97. The van der Waals surface area contributed by atoms with Gasteiger partial charge < -0.3 is 10.1 Å². The van der Waals surface area contributed by atoms with Crippen LogP contribution >= 0.6 is 0 Å². The Hall–Kier alpha value is -3.62. The van der Waals surface area contributed by atoms with Gasteiger partial charge >= 0.3 is 5.97 Å². The van der Waals surface area contributed by atoms with Crippen molar-refractivity contribution >= 4 is 11.6 Å². The third kappa shape index (κ3) is 3.58. The molecule has 0 aliphatic heterocycles. The van der Waals surface area contributed by atoms with Gasteiger partial charge in [-0.05, 0) is 18.6 Å². The molecule has 0 saturated heterocycles. The number of aromatic nitrogens is 7. The van der Waals surface area contributed by atoms with Crippen LogP contribution in [0.15, 0.2) is 43.2 Å². The van der Waals surface area contributed by atoms with Crippen LogP contribution in [0.2, 0.25) is 0 Å². The fourth-order valence-electron chi connectivity index (χ4n) is 3.25. The Balaban J connectivity index is 1.90. The highest BCUT2D eigenvalue weighted by Gasteiger charge is 2.28. The summed E-state index contributed by atoms with van der Waals surface area (Å²) in [6.45, 7) is 4.15. The summed E-state index contributed by atoms with van der Waals surface area (Å²) in [6, 6.07) is 3.76. The minimum absolute atomic E-state index is 0.140. The van der Waals surface area contributed by atoms with Crippen LogP contribution in [-0.2, 0) is 11.2 Å². The number of imidazole rings is 1. The molecule has 29 heavy (non-hydrogen) atoms. The van der Waals surface area contributed by atoms with Crippen molar-refractivity contribution < 1.29 is 9.90 Å². The van der Waals surface area contributed by atoms with Crippen LogP contribution in [0.1, 0.15) is 49.3 Å². The second kappa shape index (κ2) is 7.78. The Morgan fingerprint density at radius 1 is 1.34 bits per heavy atom. The Kier molecular flexibility index (Phi) is 5.03. The molecule has 0 aliphatic rings. The average Bonchev–Trinajstić information content (AvgIpc) is 3.41. The number of H-pyrrole nitrogens is 1. The van der Waals surface area contributed by atoms with Crippen molar-refractivity contribution in [3.63, 3.8) is 0 Å². The molecule has 4 aromatic heterocycles. The molecule has 4 heterocycles. The number of pyridine rings is 1. The van der Waals surface area contributed by atoms with Gasteiger partial charge in [0.2, 0.25) is 0 Å². The standard InChI is InChI=1S/C20H21N7O2/c1-3-12(2)17-19-26-25-18(15(20(28)29)7-14-9-22-11-23-14)27(19)10-16(24-17)13-5-4-6-21-8-13/h4-6,8-12,15H,3,7H2,1-2H3,(H,22,23)(H,28,29). The maximum absolute atomic E-state index is 12.1. The molecule has 0 radical (unpaired) electrons. The predicted octanol–water partition coefficient (Wildman–Crippen LogP) is 2.83. The van der Waals surface area contributed by atoms with E-state index in [0.29, 0.717) is 22.9 Å². The van der Waals surface area contributed by atoms with Gasteiger partial charge in [-0.2, -0.15) is 0 Å². The Bertz CT molecular complexity index is 1120. The number of hydrogen-bond acceptors (Lipinski definition) is 6. The second-order valence-electron chi connectivity index (χ2n) is 6.97. The molecular weight excluding hydrogens is 370 g/mol. The number of carboxylic acid groups (broad SMARTS) is 1. The average molecular weight is 391 g/mol. The van der Waals surface area contributed by atoms with Crippen LogP contribution in [-0.4, -0.2) is 45.6 Å². The first-order valence-corrected chi connectivity index (χ1v) is 9.45. The quantitative estimate of drug-likeness (QED) is 0.497. The van der Waals surface area contributed by atoms with Crippen LogP contribution in [0.4, 0.5) is 0 Å². The highest BCUT2D eigenvalue weighted by Crippen LogP contribution is 2.28. The van der Waals surface area contributed by atoms with Gasteiger partial charge in [-0.3, -0.25) is 14.2 Å². The Morgan fingerprint density at radius 2 is 2.21 bits per heavy atom. The minimum Gasteiger partial charge on any atom is -0.481 e. The molecule has 4 aromatic rings. The summed E-state index contributed by atoms with van der Waals surface area (Å²) < 4.78 is 1.75. The molecular formula is C20H21N7O2. The zero-order valence-electron chi connectivity index (χ0n) is 16.1. The maximum Gasteiger partial charge on any atom is 0.314 e. The minimum atomic E-state index is -0.980. The number of aromatic amines is 1. The first kappa shape index (κ1) is 18.7. The van der Waals surface area contributed by atoms with E-state index >= 15 is 0 Å². The molecule has 0 amide bonds. The molecule has 2 N–H and O–H groups in total. The van der Waals surface area contributed by atoms with E-state index in [-0.39, 0.29) is 12.3 Å². The molecule has 2 atom stereocenters. The van der Waals surface area contributed by atoms with Crippen LogP contribution in [0.25, 0.3) is 16.9 Å². The normalized spacial score (nSPS) is 13.4. The fourth-order valence-corrected chi connectivity index (χ4v) is 3.25. The van der Waals surface area contributed by atoms with E-state index in [4.69, 9.17) is 4.98 Å². The fraction of sp³-hybridized carbons (Fsp3) is 0.300. The largest absolute Gasteiger partial charge is 0.481 e. The summed E-state index contributed by atoms with van der Waals surface area (Å²) in [7, 11) is 0. The summed E-state index contributed by atoms with van der Waals surface area (Å²) in [6.07, 6.45) is 9.52. The Morgan fingerprint density at radius 3 is 2.86 bits per heavy atom. The predicted molar refractivity (Wildman–Crippen MR) is 105 cm³/mol. The van der Waals surface area contributed by atoms with Crippen molar-refractivity contribution in [2.24, 2.45) is 0 Å². The zero-order chi connectivity index (χ0) is 20.4. The first-order chi connectivity index (χ1) is 14.1. The SMILES string of the molecule is CCC(C)c1nc(-c2cccnc2)cn2c(C(Cc3c[nH]cn3)C(=O)O)nnc12. The number of nitrogens with zero attached hydrogens (tertiary/aromatic N) is 6. The number of rotatable bonds is 7. The lowest BCUT2D eigenvalue weighted by atomic mass is 10.0. The van der Waals surface area contributed by atoms with E-state index in [1.165, 1.54) is 6.33 Å². The molecule has 0 aliphatic carbocycles. The number of carboxylic acids is 1. The van der Waals surface area contributed by atoms with Crippen molar-refractivity contribution in [3.8, 4) is 11.3 Å². The zero-order valence-corrected chi connectivity index (χ0v) is 16.1. The van der Waals surface area contributed by atoms with E-state index in [0.717, 1.165) is 17.7 Å². The number of carbonyl (C=O) groups is 1. The smallest absolute Gasteiger partial charge is 0.314 e. The van der Waals surface area contributed by atoms with Gasteiger partial charge in [0.1, 0.15) is 5.92 Å². The topological polar surface area (TPSA) is 122 Å². The van der Waals surface area contributed by atoms with Crippen LogP contribution in [0.3, 0.4) is 0 Å². The third-order valence-electron chi connectivity index (χ3n) is 5.06. The lowest BCUT2D eigenvalue weighted by Crippen LogP contribution is -2.18. The van der Waals surface area contributed by atoms with Gasteiger partial charge in [0, 0.05) is 42.7 Å². The number of fused-ring (bicyclic) bond motifs is 1. The lowest BCUT2D eigenvalue weighted by molar-refractivity contribution is -0.139. The summed E-state index contributed by atoms with van der Waals surface area (Å²) in [5, 5.41) is 18.4. The molecule has 0 bridgehead atoms. The van der Waals surface area contributed by atoms with E-state index in [1.54, 1.807) is 29.2 Å². The van der Waals surface area contributed by atoms with Crippen LogP contribution in [0, 0.1) is 0 Å². The number of nitrogens with one attached hydrogen (secondary N) is 1. The molecule has 0 fully saturated rings. The van der Waals surface area contributed by atoms with E-state index in [1.807, 2.05) is 12.1 Å². The van der Waals surface area contributed by atoms with Gasteiger partial charge in [-0.1, -0.05) is 13.8 Å². The van der Waals surface area contributed by atoms with Crippen molar-refractivity contribution in [3.05, 3.63) is 60.5 Å². The van der Waals surface area contributed by atoms with Gasteiger partial charge in [-0.25, -0.2) is 9.97 Å². The third-order valence-corrected chi connectivity index (χ3v) is 5.06. The van der Waals surface area contributed by atoms with Crippen molar-refractivity contribution in [2.45, 2.75) is 38.5 Å². The van der Waals surface area contributed by atoms with Gasteiger partial charge in [-0.15, -0.1) is 10.2 Å². The van der Waals surface area contributed by atoms with Crippen molar-refractivity contribution in [2.75, 3.05) is 0 Å². The maximum atomic E-state index is 12.1. The van der Waals surface area contributed by atoms with Crippen LogP contribution in [0.5, 0.6) is 0 Å². The Labute approximate surface area is 166 Å². The molecule has 0 spiro atoms. The monoisotopic (exact) mass is 391 g/mol. The molecule has 148 valence electrons. The molecule has 4 rings (SSSR count). The first-order valence-electron chi connectivity index (χ1n) is 9.45. The molecule has 9 heteroatoms. The number of aliphatic carboxylic acids is 1. The highest BCUT2D eigenvalue weighted by molar-refractivity contribution is 5.76. The van der Waals surface area contributed by atoms with E-state index in [9.17, 15) is 9.90 Å². The molecule has 9 nitrogen and oxygen atoms in total. The van der Waals surface area contributed by atoms with Crippen LogP contribution < -0.4 is 0 Å². The van der Waals surface area contributed by atoms with E-state index < -0.39 is 11.9 Å². The van der Waals surface area contributed by atoms with Crippen molar-refractivity contribution in [1.29, 1.82) is 0 Å².